The van der Waals surface area contributed by atoms with Gasteiger partial charge in [0.15, 0.2) is 11.5 Å². The van der Waals surface area contributed by atoms with E-state index >= 15 is 0 Å². The van der Waals surface area contributed by atoms with Gasteiger partial charge in [0.1, 0.15) is 5.52 Å². The van der Waals surface area contributed by atoms with Gasteiger partial charge in [-0.2, -0.15) is 0 Å². The van der Waals surface area contributed by atoms with Gasteiger partial charge in [-0.3, -0.25) is 0 Å². The molecule has 0 aliphatic rings. The van der Waals surface area contributed by atoms with Gasteiger partial charge in [0.2, 0.25) is 0 Å². The summed E-state index contributed by atoms with van der Waals surface area (Å²) in [6.07, 6.45) is -0.779. The molecule has 5 heteroatoms. The van der Waals surface area contributed by atoms with Crippen LogP contribution in [0, 0.1) is 6.92 Å². The van der Waals surface area contributed by atoms with E-state index in [9.17, 15) is 5.11 Å². The minimum atomic E-state index is -0.779. The number of aliphatic hydroxyl groups excluding tert-OH is 1. The van der Waals surface area contributed by atoms with Crippen molar-refractivity contribution < 1.29 is 9.52 Å². The fourth-order valence-corrected chi connectivity index (χ4v) is 1.73. The number of rotatable bonds is 2. The molecule has 1 unspecified atom stereocenters. The maximum absolute atomic E-state index is 9.69. The number of fused-ring (bicyclic) bond motifs is 1. The first-order valence-corrected chi connectivity index (χ1v) is 4.94. The zero-order valence-electron chi connectivity index (χ0n) is 8.20. The highest BCUT2D eigenvalue weighted by Gasteiger charge is 2.15. The molecule has 1 atom stereocenters. The lowest BCUT2D eigenvalue weighted by atomic mass is 10.1. The van der Waals surface area contributed by atoms with Gasteiger partial charge in [-0.05, 0) is 12.1 Å². The Kier molecular flexibility index (Phi) is 2.65. The molecule has 0 fully saturated rings. The third kappa shape index (κ3) is 1.84. The number of aliphatic hydroxyl groups is 1. The van der Waals surface area contributed by atoms with Crippen molar-refractivity contribution in [1.29, 1.82) is 0 Å². The predicted molar refractivity (Wildman–Crippen MR) is 57.8 cm³/mol. The molecule has 0 spiro atoms. The SMILES string of the molecule is Cc1nc2cc(Cl)cc(C(O)CN)c2o1. The van der Waals surface area contributed by atoms with E-state index in [-0.39, 0.29) is 6.54 Å². The topological polar surface area (TPSA) is 72.3 Å². The molecular weight excluding hydrogens is 216 g/mol. The molecule has 4 nitrogen and oxygen atoms in total. The molecule has 0 saturated heterocycles. The molecule has 15 heavy (non-hydrogen) atoms. The summed E-state index contributed by atoms with van der Waals surface area (Å²) in [6, 6.07) is 3.34. The van der Waals surface area contributed by atoms with E-state index in [1.54, 1.807) is 19.1 Å². The molecule has 80 valence electrons. The van der Waals surface area contributed by atoms with Crippen LogP contribution in [0.25, 0.3) is 11.1 Å². The van der Waals surface area contributed by atoms with Crippen molar-refractivity contribution in [2.45, 2.75) is 13.0 Å². The summed E-state index contributed by atoms with van der Waals surface area (Å²) in [5, 5.41) is 10.2. The van der Waals surface area contributed by atoms with Crippen LogP contribution in [0.1, 0.15) is 17.6 Å². The van der Waals surface area contributed by atoms with Gasteiger partial charge in [-0.1, -0.05) is 11.6 Å². The molecule has 1 heterocycles. The number of hydrogen-bond donors (Lipinski definition) is 2. The third-order valence-electron chi connectivity index (χ3n) is 2.17. The van der Waals surface area contributed by atoms with Crippen LogP contribution in [0.5, 0.6) is 0 Å². The van der Waals surface area contributed by atoms with Crippen molar-refractivity contribution in [1.82, 2.24) is 4.98 Å². The Hall–Kier alpha value is -1.10. The number of oxazole rings is 1. The molecule has 1 aromatic heterocycles. The second kappa shape index (κ2) is 3.81. The van der Waals surface area contributed by atoms with Crippen LogP contribution >= 0.6 is 11.6 Å². The fraction of sp³-hybridized carbons (Fsp3) is 0.300. The fourth-order valence-electron chi connectivity index (χ4n) is 1.51. The normalized spacial score (nSPS) is 13.3. The number of benzene rings is 1. The van der Waals surface area contributed by atoms with Gasteiger partial charge in [0.05, 0.1) is 6.10 Å². The molecule has 0 saturated carbocycles. The van der Waals surface area contributed by atoms with Gasteiger partial charge in [0.25, 0.3) is 0 Å². The molecule has 2 rings (SSSR count). The minimum absolute atomic E-state index is 0.120. The van der Waals surface area contributed by atoms with Gasteiger partial charge in [-0.15, -0.1) is 0 Å². The Bertz CT molecular complexity index is 495. The van der Waals surface area contributed by atoms with Crippen molar-refractivity contribution in [3.8, 4) is 0 Å². The van der Waals surface area contributed by atoms with Crippen LogP contribution in [0.15, 0.2) is 16.5 Å². The number of hydrogen-bond acceptors (Lipinski definition) is 4. The standard InChI is InChI=1S/C10H11ClN2O2/c1-5-13-8-3-6(11)2-7(9(14)4-12)10(8)15-5/h2-3,9,14H,4,12H2,1H3. The van der Waals surface area contributed by atoms with Crippen LogP contribution in [0.4, 0.5) is 0 Å². The highest BCUT2D eigenvalue weighted by atomic mass is 35.5. The zero-order valence-corrected chi connectivity index (χ0v) is 8.95. The van der Waals surface area contributed by atoms with E-state index in [4.69, 9.17) is 21.8 Å². The van der Waals surface area contributed by atoms with Crippen molar-refractivity contribution in [2.75, 3.05) is 6.54 Å². The molecule has 1 aromatic carbocycles. The monoisotopic (exact) mass is 226 g/mol. The van der Waals surface area contributed by atoms with Gasteiger partial charge in [0, 0.05) is 24.1 Å². The largest absolute Gasteiger partial charge is 0.441 e. The van der Waals surface area contributed by atoms with Crippen molar-refractivity contribution in [2.24, 2.45) is 5.73 Å². The average Bonchev–Trinajstić information content (AvgIpc) is 2.55. The third-order valence-corrected chi connectivity index (χ3v) is 2.39. The Morgan fingerprint density at radius 3 is 3.00 bits per heavy atom. The Morgan fingerprint density at radius 1 is 1.60 bits per heavy atom. The number of nitrogens with two attached hydrogens (primary N) is 1. The molecule has 0 aliphatic carbocycles. The molecule has 0 radical (unpaired) electrons. The van der Waals surface area contributed by atoms with E-state index in [1.165, 1.54) is 0 Å². The maximum atomic E-state index is 9.69. The van der Waals surface area contributed by atoms with E-state index in [1.807, 2.05) is 0 Å². The number of aryl methyl sites for hydroxylation is 1. The highest BCUT2D eigenvalue weighted by molar-refractivity contribution is 6.31. The van der Waals surface area contributed by atoms with Crippen LogP contribution in [-0.2, 0) is 0 Å². The summed E-state index contributed by atoms with van der Waals surface area (Å²) in [4.78, 5) is 4.15. The van der Waals surface area contributed by atoms with Gasteiger partial charge in [-0.25, -0.2) is 4.98 Å². The Balaban J connectivity index is 2.70. The van der Waals surface area contributed by atoms with Crippen molar-refractivity contribution in [3.63, 3.8) is 0 Å². The molecular formula is C10H11ClN2O2. The van der Waals surface area contributed by atoms with E-state index < -0.39 is 6.10 Å². The van der Waals surface area contributed by atoms with Crippen LogP contribution in [-0.4, -0.2) is 16.6 Å². The van der Waals surface area contributed by atoms with Crippen LogP contribution < -0.4 is 5.73 Å². The lowest BCUT2D eigenvalue weighted by Crippen LogP contribution is -2.11. The number of nitrogens with zero attached hydrogens (tertiary/aromatic N) is 1. The minimum Gasteiger partial charge on any atom is -0.441 e. The summed E-state index contributed by atoms with van der Waals surface area (Å²) in [6.45, 7) is 1.86. The molecule has 0 amide bonds. The molecule has 0 bridgehead atoms. The van der Waals surface area contributed by atoms with Crippen molar-refractivity contribution >= 4 is 22.7 Å². The average molecular weight is 227 g/mol. The molecule has 2 aromatic rings. The number of aromatic nitrogens is 1. The van der Waals surface area contributed by atoms with E-state index in [2.05, 4.69) is 4.98 Å². The smallest absolute Gasteiger partial charge is 0.192 e. The van der Waals surface area contributed by atoms with E-state index in [0.717, 1.165) is 0 Å². The first-order chi connectivity index (χ1) is 7.11. The van der Waals surface area contributed by atoms with Crippen LogP contribution in [0.2, 0.25) is 5.02 Å². The predicted octanol–water partition coefficient (Wildman–Crippen LogP) is 1.78. The highest BCUT2D eigenvalue weighted by Crippen LogP contribution is 2.28. The number of halogens is 1. The summed E-state index contributed by atoms with van der Waals surface area (Å²) in [7, 11) is 0. The molecule has 0 aliphatic heterocycles. The first-order valence-electron chi connectivity index (χ1n) is 4.56. The summed E-state index contributed by atoms with van der Waals surface area (Å²) in [5.74, 6) is 0.540. The molecule has 3 N–H and O–H groups in total. The van der Waals surface area contributed by atoms with Gasteiger partial charge >= 0.3 is 0 Å². The second-order valence-corrected chi connectivity index (χ2v) is 3.76. The summed E-state index contributed by atoms with van der Waals surface area (Å²) < 4.78 is 5.39. The quantitative estimate of drug-likeness (QED) is 0.819. The maximum Gasteiger partial charge on any atom is 0.192 e. The van der Waals surface area contributed by atoms with Gasteiger partial charge < -0.3 is 15.3 Å². The Morgan fingerprint density at radius 2 is 2.33 bits per heavy atom. The van der Waals surface area contributed by atoms with E-state index in [0.29, 0.717) is 27.6 Å². The first kappa shape index (κ1) is 10.4. The van der Waals surface area contributed by atoms with Crippen LogP contribution in [0.3, 0.4) is 0 Å². The second-order valence-electron chi connectivity index (χ2n) is 3.33. The van der Waals surface area contributed by atoms with Crippen molar-refractivity contribution in [3.05, 3.63) is 28.6 Å². The zero-order chi connectivity index (χ0) is 11.0. The summed E-state index contributed by atoms with van der Waals surface area (Å²) in [5.41, 5.74) is 7.17. The lowest BCUT2D eigenvalue weighted by molar-refractivity contribution is 0.187. The summed E-state index contributed by atoms with van der Waals surface area (Å²) >= 11 is 5.90. The Labute approximate surface area is 91.7 Å². The lowest BCUT2D eigenvalue weighted by Gasteiger charge is -2.08.